The lowest BCUT2D eigenvalue weighted by molar-refractivity contribution is -0.157. The summed E-state index contributed by atoms with van der Waals surface area (Å²) < 4.78 is 5.67. The Balaban J connectivity index is 1.87. The Morgan fingerprint density at radius 1 is 1.33 bits per heavy atom. The van der Waals surface area contributed by atoms with Crippen molar-refractivity contribution in [3.8, 4) is 0 Å². The number of hydrogen-bond donors (Lipinski definition) is 1. The Bertz CT molecular complexity index is 810. The number of pyridine rings is 2. The minimum absolute atomic E-state index is 0.0466. The molecule has 7 heteroatoms. The van der Waals surface area contributed by atoms with Crippen LogP contribution >= 0.6 is 0 Å². The maximum atomic E-state index is 13.3. The molecule has 0 aliphatic carbocycles. The Morgan fingerprint density at radius 2 is 2.11 bits per heavy atom. The summed E-state index contributed by atoms with van der Waals surface area (Å²) in [5, 5.41) is 2.87. The lowest BCUT2D eigenvalue weighted by Crippen LogP contribution is -2.54. The van der Waals surface area contributed by atoms with E-state index in [0.29, 0.717) is 6.54 Å². The molecule has 142 valence electrons. The highest BCUT2D eigenvalue weighted by Crippen LogP contribution is 2.25. The summed E-state index contributed by atoms with van der Waals surface area (Å²) in [5.41, 5.74) is 2.61. The van der Waals surface area contributed by atoms with Crippen LogP contribution < -0.4 is 5.32 Å². The minimum atomic E-state index is -0.807. The van der Waals surface area contributed by atoms with Crippen LogP contribution in [0.4, 0.5) is 0 Å². The van der Waals surface area contributed by atoms with Gasteiger partial charge in [-0.3, -0.25) is 19.6 Å². The third-order valence-corrected chi connectivity index (χ3v) is 4.64. The highest BCUT2D eigenvalue weighted by molar-refractivity contribution is 5.86. The normalized spacial score (nSPS) is 19.6. The highest BCUT2D eigenvalue weighted by atomic mass is 16.5. The zero-order valence-electron chi connectivity index (χ0n) is 15.8. The zero-order valence-corrected chi connectivity index (χ0v) is 15.8. The fourth-order valence-electron chi connectivity index (χ4n) is 3.11. The number of nitrogens with zero attached hydrogens (tertiary/aromatic N) is 3. The summed E-state index contributed by atoms with van der Waals surface area (Å²) in [6.45, 7) is 6.13. The quantitative estimate of drug-likeness (QED) is 0.870. The number of carbonyl (C=O) groups excluding carboxylic acids is 2. The smallest absolute Gasteiger partial charge is 0.254 e. The van der Waals surface area contributed by atoms with Gasteiger partial charge < -0.3 is 15.0 Å². The second-order valence-electron chi connectivity index (χ2n) is 6.89. The second-order valence-corrected chi connectivity index (χ2v) is 6.89. The standard InChI is InChI=1S/C20H24N4O3/c1-13(2)24(11-16-14(3)6-4-9-22-16)20(26)19-18(23-17(25)12-27-19)15-7-5-8-21-10-15/h4-10,13,18-19H,11-12H2,1-3H3,(H,23,25)/t18-,19+/m1/s1. The molecule has 0 saturated carbocycles. The molecular weight excluding hydrogens is 344 g/mol. The van der Waals surface area contributed by atoms with Gasteiger partial charge in [0.2, 0.25) is 5.91 Å². The van der Waals surface area contributed by atoms with Crippen molar-refractivity contribution in [3.63, 3.8) is 0 Å². The molecule has 1 saturated heterocycles. The van der Waals surface area contributed by atoms with Crippen LogP contribution in [0.3, 0.4) is 0 Å². The summed E-state index contributed by atoms with van der Waals surface area (Å²) in [5.74, 6) is -0.423. The molecule has 1 N–H and O–H groups in total. The van der Waals surface area contributed by atoms with Crippen LogP contribution in [0.25, 0.3) is 0 Å². The van der Waals surface area contributed by atoms with Crippen LogP contribution in [0.1, 0.15) is 36.7 Å². The molecule has 0 bridgehead atoms. The van der Waals surface area contributed by atoms with Crippen LogP contribution in [-0.2, 0) is 20.9 Å². The van der Waals surface area contributed by atoms with E-state index in [0.717, 1.165) is 16.8 Å². The van der Waals surface area contributed by atoms with Gasteiger partial charge in [0.1, 0.15) is 6.61 Å². The van der Waals surface area contributed by atoms with Crippen LogP contribution in [0.5, 0.6) is 0 Å². The highest BCUT2D eigenvalue weighted by Gasteiger charge is 2.39. The number of aromatic nitrogens is 2. The summed E-state index contributed by atoms with van der Waals surface area (Å²) in [6, 6.07) is 6.83. The molecule has 0 aromatic carbocycles. The van der Waals surface area contributed by atoms with E-state index in [1.807, 2.05) is 39.0 Å². The predicted molar refractivity (Wildman–Crippen MR) is 99.5 cm³/mol. The third kappa shape index (κ3) is 4.31. The van der Waals surface area contributed by atoms with Gasteiger partial charge in [0, 0.05) is 24.6 Å². The molecule has 1 aliphatic heterocycles. The molecule has 0 spiro atoms. The average molecular weight is 368 g/mol. The van der Waals surface area contributed by atoms with Crippen molar-refractivity contribution >= 4 is 11.8 Å². The molecule has 2 atom stereocenters. The van der Waals surface area contributed by atoms with E-state index in [2.05, 4.69) is 15.3 Å². The summed E-state index contributed by atoms with van der Waals surface area (Å²) >= 11 is 0. The number of amides is 2. The first-order valence-electron chi connectivity index (χ1n) is 8.99. The maximum absolute atomic E-state index is 13.3. The first kappa shape index (κ1) is 19.0. The molecule has 27 heavy (non-hydrogen) atoms. The Labute approximate surface area is 158 Å². The third-order valence-electron chi connectivity index (χ3n) is 4.64. The molecule has 0 radical (unpaired) electrons. The summed E-state index contributed by atoms with van der Waals surface area (Å²) in [4.78, 5) is 35.4. The summed E-state index contributed by atoms with van der Waals surface area (Å²) in [7, 11) is 0. The monoisotopic (exact) mass is 368 g/mol. The van der Waals surface area contributed by atoms with Gasteiger partial charge >= 0.3 is 0 Å². The van der Waals surface area contributed by atoms with Gasteiger partial charge in [-0.15, -0.1) is 0 Å². The van der Waals surface area contributed by atoms with Crippen molar-refractivity contribution in [1.29, 1.82) is 0 Å². The van der Waals surface area contributed by atoms with Gasteiger partial charge in [0.15, 0.2) is 6.10 Å². The minimum Gasteiger partial charge on any atom is -0.356 e. The SMILES string of the molecule is Cc1cccnc1CN(C(=O)[C@H]1OCC(=O)N[C@@H]1c1cccnc1)C(C)C. The van der Waals surface area contributed by atoms with Crippen molar-refractivity contribution in [2.45, 2.75) is 45.5 Å². The van der Waals surface area contributed by atoms with Crippen molar-refractivity contribution in [2.24, 2.45) is 0 Å². The van der Waals surface area contributed by atoms with E-state index in [4.69, 9.17) is 4.74 Å². The number of morpholine rings is 1. The molecule has 2 aromatic heterocycles. The lowest BCUT2D eigenvalue weighted by atomic mass is 9.99. The second kappa shape index (κ2) is 8.26. The van der Waals surface area contributed by atoms with Crippen molar-refractivity contribution in [1.82, 2.24) is 20.2 Å². The van der Waals surface area contributed by atoms with Gasteiger partial charge in [-0.05, 0) is 44.0 Å². The first-order chi connectivity index (χ1) is 13.0. The van der Waals surface area contributed by atoms with Crippen LogP contribution in [0, 0.1) is 6.92 Å². The van der Waals surface area contributed by atoms with Crippen molar-refractivity contribution < 1.29 is 14.3 Å². The van der Waals surface area contributed by atoms with Crippen molar-refractivity contribution in [3.05, 3.63) is 59.7 Å². The van der Waals surface area contributed by atoms with Crippen molar-refractivity contribution in [2.75, 3.05) is 6.61 Å². The lowest BCUT2D eigenvalue weighted by Gasteiger charge is -2.36. The van der Waals surface area contributed by atoms with E-state index < -0.39 is 12.1 Å². The van der Waals surface area contributed by atoms with E-state index in [-0.39, 0.29) is 24.5 Å². The fourth-order valence-corrected chi connectivity index (χ4v) is 3.11. The predicted octanol–water partition coefficient (Wildman–Crippen LogP) is 1.78. The van der Waals surface area contributed by atoms with E-state index in [9.17, 15) is 9.59 Å². The number of hydrogen-bond acceptors (Lipinski definition) is 5. The molecular formula is C20H24N4O3. The van der Waals surface area contributed by atoms with E-state index >= 15 is 0 Å². The molecule has 2 aromatic rings. The molecule has 1 fully saturated rings. The van der Waals surface area contributed by atoms with Gasteiger partial charge in [-0.1, -0.05) is 12.1 Å². The number of carbonyl (C=O) groups is 2. The molecule has 1 aliphatic rings. The molecule has 0 unspecified atom stereocenters. The number of ether oxygens (including phenoxy) is 1. The largest absolute Gasteiger partial charge is 0.356 e. The molecule has 7 nitrogen and oxygen atoms in total. The van der Waals surface area contributed by atoms with Gasteiger partial charge in [-0.2, -0.15) is 0 Å². The number of rotatable bonds is 5. The molecule has 3 heterocycles. The average Bonchev–Trinajstić information content (AvgIpc) is 2.67. The first-order valence-corrected chi connectivity index (χ1v) is 8.99. The van der Waals surface area contributed by atoms with Gasteiger partial charge in [0.25, 0.3) is 5.91 Å². The van der Waals surface area contributed by atoms with E-state index in [1.54, 1.807) is 29.6 Å². The Kier molecular flexibility index (Phi) is 5.81. The zero-order chi connectivity index (χ0) is 19.4. The molecule has 3 rings (SSSR count). The summed E-state index contributed by atoms with van der Waals surface area (Å²) in [6.07, 6.45) is 4.21. The Hall–Kier alpha value is -2.80. The van der Waals surface area contributed by atoms with Gasteiger partial charge in [0.05, 0.1) is 18.3 Å². The number of aryl methyl sites for hydroxylation is 1. The van der Waals surface area contributed by atoms with Gasteiger partial charge in [-0.25, -0.2) is 0 Å². The maximum Gasteiger partial charge on any atom is 0.254 e. The Morgan fingerprint density at radius 3 is 2.78 bits per heavy atom. The van der Waals surface area contributed by atoms with Crippen LogP contribution in [-0.4, -0.2) is 45.4 Å². The topological polar surface area (TPSA) is 84.4 Å². The van der Waals surface area contributed by atoms with Crippen LogP contribution in [0.15, 0.2) is 42.9 Å². The van der Waals surface area contributed by atoms with Crippen LogP contribution in [0.2, 0.25) is 0 Å². The van der Waals surface area contributed by atoms with E-state index in [1.165, 1.54) is 0 Å². The molecule has 2 amide bonds. The number of nitrogens with one attached hydrogen (secondary N) is 1. The fraction of sp³-hybridized carbons (Fsp3) is 0.400.